The third-order valence-corrected chi connectivity index (χ3v) is 5.44. The van der Waals surface area contributed by atoms with Gasteiger partial charge in [0.25, 0.3) is 5.56 Å². The van der Waals surface area contributed by atoms with Crippen molar-refractivity contribution in [3.63, 3.8) is 0 Å². The molecule has 1 heterocycles. The molecule has 0 unspecified atom stereocenters. The number of aromatic nitrogens is 2. The van der Waals surface area contributed by atoms with Gasteiger partial charge in [0.1, 0.15) is 18.2 Å². The van der Waals surface area contributed by atoms with E-state index >= 15 is 0 Å². The monoisotopic (exact) mass is 489 g/mol. The van der Waals surface area contributed by atoms with Gasteiger partial charge in [0.2, 0.25) is 0 Å². The van der Waals surface area contributed by atoms with Crippen molar-refractivity contribution in [3.8, 4) is 5.75 Å². The van der Waals surface area contributed by atoms with E-state index in [-0.39, 0.29) is 11.0 Å². The van der Waals surface area contributed by atoms with E-state index in [9.17, 15) is 4.79 Å². The highest BCUT2D eigenvalue weighted by Gasteiger charge is 2.23. The van der Waals surface area contributed by atoms with E-state index in [0.29, 0.717) is 29.1 Å². The van der Waals surface area contributed by atoms with E-state index in [1.54, 1.807) is 12.3 Å². The summed E-state index contributed by atoms with van der Waals surface area (Å²) in [7, 11) is 0. The van der Waals surface area contributed by atoms with Gasteiger partial charge in [0.15, 0.2) is 0 Å². The summed E-state index contributed by atoms with van der Waals surface area (Å²) < 4.78 is 8.24. The summed E-state index contributed by atoms with van der Waals surface area (Å²) in [6.07, 6.45) is 1.66. The minimum atomic E-state index is -0.374. The Hall–Kier alpha value is -3.25. The van der Waals surface area contributed by atoms with Crippen LogP contribution in [0.1, 0.15) is 37.7 Å². The smallest absolute Gasteiger partial charge is 0.282 e. The number of fused-ring (bicyclic) bond motifs is 1. The Morgan fingerprint density at radius 3 is 2.50 bits per heavy atom. The molecule has 0 N–H and O–H groups in total. The lowest BCUT2D eigenvalue weighted by Gasteiger charge is -2.21. The number of hydrogen-bond acceptors (Lipinski definition) is 4. The minimum Gasteiger partial charge on any atom is -0.488 e. The molecule has 6 heteroatoms. The van der Waals surface area contributed by atoms with Crippen LogP contribution in [0.15, 0.2) is 87.2 Å². The zero-order valence-corrected chi connectivity index (χ0v) is 19.8. The molecule has 162 valence electrons. The summed E-state index contributed by atoms with van der Waals surface area (Å²) >= 11 is 3.44. The topological polar surface area (TPSA) is 56.5 Å². The van der Waals surface area contributed by atoms with Crippen molar-refractivity contribution >= 4 is 33.0 Å². The van der Waals surface area contributed by atoms with Gasteiger partial charge in [-0.1, -0.05) is 79.2 Å². The number of nitrogens with zero attached hydrogens (tertiary/aromatic N) is 3. The first-order valence-electron chi connectivity index (χ1n) is 10.4. The molecule has 1 aromatic heterocycles. The van der Waals surface area contributed by atoms with Gasteiger partial charge in [-0.3, -0.25) is 4.79 Å². The van der Waals surface area contributed by atoms with Gasteiger partial charge >= 0.3 is 0 Å². The average Bonchev–Trinajstić information content (AvgIpc) is 2.78. The Morgan fingerprint density at radius 1 is 1.03 bits per heavy atom. The molecule has 4 rings (SSSR count). The lowest BCUT2D eigenvalue weighted by molar-refractivity contribution is 0.306. The summed E-state index contributed by atoms with van der Waals surface area (Å²) in [6, 6.07) is 23.1. The molecule has 0 bridgehead atoms. The Balaban J connectivity index is 1.74. The van der Waals surface area contributed by atoms with Crippen molar-refractivity contribution < 1.29 is 4.74 Å². The second kappa shape index (κ2) is 9.09. The molecule has 4 aromatic rings. The fourth-order valence-corrected chi connectivity index (χ4v) is 3.68. The molecule has 3 aromatic carbocycles. The minimum absolute atomic E-state index is 0.208. The maximum Gasteiger partial charge on any atom is 0.282 e. The number of para-hydroxylation sites is 1. The van der Waals surface area contributed by atoms with Gasteiger partial charge in [-0.25, -0.2) is 4.98 Å². The third-order valence-electron chi connectivity index (χ3n) is 4.95. The van der Waals surface area contributed by atoms with Crippen LogP contribution in [-0.2, 0) is 12.0 Å². The number of halogens is 1. The maximum absolute atomic E-state index is 13.3. The number of benzene rings is 3. The zero-order valence-electron chi connectivity index (χ0n) is 18.2. The molecular weight excluding hydrogens is 466 g/mol. The van der Waals surface area contributed by atoms with Crippen LogP contribution in [-0.4, -0.2) is 15.9 Å². The summed E-state index contributed by atoms with van der Waals surface area (Å²) in [4.78, 5) is 18.1. The highest BCUT2D eigenvalue weighted by Crippen LogP contribution is 2.23. The van der Waals surface area contributed by atoms with Crippen LogP contribution in [0.2, 0.25) is 0 Å². The molecule has 0 aliphatic carbocycles. The maximum atomic E-state index is 13.3. The second-order valence-corrected chi connectivity index (χ2v) is 9.44. The van der Waals surface area contributed by atoms with Crippen molar-refractivity contribution in [1.29, 1.82) is 0 Å². The van der Waals surface area contributed by atoms with Gasteiger partial charge in [-0.05, 0) is 35.9 Å². The van der Waals surface area contributed by atoms with E-state index in [2.05, 4.69) is 21.0 Å². The largest absolute Gasteiger partial charge is 0.488 e. The Kier molecular flexibility index (Phi) is 6.24. The van der Waals surface area contributed by atoms with E-state index in [0.717, 1.165) is 15.6 Å². The van der Waals surface area contributed by atoms with Gasteiger partial charge in [-0.2, -0.15) is 9.78 Å². The van der Waals surface area contributed by atoms with Crippen molar-refractivity contribution in [2.45, 2.75) is 32.8 Å². The van der Waals surface area contributed by atoms with Gasteiger partial charge in [0.05, 0.1) is 17.1 Å². The quantitative estimate of drug-likeness (QED) is 0.327. The van der Waals surface area contributed by atoms with Gasteiger partial charge < -0.3 is 4.74 Å². The molecule has 0 saturated heterocycles. The number of rotatable bonds is 5. The van der Waals surface area contributed by atoms with E-state index in [4.69, 9.17) is 9.72 Å². The lowest BCUT2D eigenvalue weighted by Crippen LogP contribution is -2.29. The molecule has 0 saturated carbocycles. The summed E-state index contributed by atoms with van der Waals surface area (Å²) in [5.74, 6) is 1.29. The van der Waals surface area contributed by atoms with Gasteiger partial charge in [-0.15, -0.1) is 0 Å². The molecule has 32 heavy (non-hydrogen) atoms. The first-order valence-corrected chi connectivity index (χ1v) is 11.1. The van der Waals surface area contributed by atoms with Crippen LogP contribution < -0.4 is 10.3 Å². The fraction of sp³-hybridized carbons (Fsp3) is 0.192. The lowest BCUT2D eigenvalue weighted by atomic mass is 9.95. The number of hydrogen-bond donors (Lipinski definition) is 0. The zero-order chi connectivity index (χ0) is 22.7. The highest BCUT2D eigenvalue weighted by molar-refractivity contribution is 9.10. The first-order chi connectivity index (χ1) is 15.3. The van der Waals surface area contributed by atoms with E-state index in [1.165, 1.54) is 4.68 Å². The average molecular weight is 490 g/mol. The van der Waals surface area contributed by atoms with Crippen LogP contribution >= 0.6 is 15.9 Å². The van der Waals surface area contributed by atoms with Crippen LogP contribution in [0.25, 0.3) is 10.9 Å². The van der Waals surface area contributed by atoms with Crippen LogP contribution in [0.4, 0.5) is 0 Å². The second-order valence-electron chi connectivity index (χ2n) is 8.52. The Morgan fingerprint density at radius 2 is 1.75 bits per heavy atom. The van der Waals surface area contributed by atoms with Crippen LogP contribution in [0.3, 0.4) is 0 Å². The molecule has 0 aliphatic heterocycles. The molecule has 0 atom stereocenters. The van der Waals surface area contributed by atoms with Crippen LogP contribution in [0.5, 0.6) is 5.75 Å². The summed E-state index contributed by atoms with van der Waals surface area (Å²) in [5.41, 5.74) is 1.93. The van der Waals surface area contributed by atoms with Gasteiger partial charge in [0, 0.05) is 15.5 Å². The van der Waals surface area contributed by atoms with E-state index < -0.39 is 0 Å². The number of ether oxygens (including phenoxy) is 1. The summed E-state index contributed by atoms with van der Waals surface area (Å²) in [5, 5.41) is 5.07. The molecule has 0 fully saturated rings. The van der Waals surface area contributed by atoms with Crippen molar-refractivity contribution in [2.24, 2.45) is 5.10 Å². The molecule has 0 amide bonds. The molecule has 0 radical (unpaired) electrons. The SMILES string of the molecule is CC(C)(C)c1nc2ccc(Br)cc2c(=O)n1N=Cc1ccccc1OCc1ccccc1. The fourth-order valence-electron chi connectivity index (χ4n) is 3.32. The third kappa shape index (κ3) is 4.81. The predicted octanol–water partition coefficient (Wildman–Crippen LogP) is 5.92. The molecule has 5 nitrogen and oxygen atoms in total. The Bertz CT molecular complexity index is 1340. The first kappa shape index (κ1) is 22.0. The highest BCUT2D eigenvalue weighted by atomic mass is 79.9. The van der Waals surface area contributed by atoms with E-state index in [1.807, 2.05) is 87.5 Å². The van der Waals surface area contributed by atoms with Crippen molar-refractivity contribution in [1.82, 2.24) is 9.66 Å². The standard InChI is InChI=1S/C26H24BrN3O2/c1-26(2,3)25-29-22-14-13-20(27)15-21(22)24(31)30(25)28-16-19-11-7-8-12-23(19)32-17-18-9-5-4-6-10-18/h4-16H,17H2,1-3H3. The molecule has 0 spiro atoms. The summed E-state index contributed by atoms with van der Waals surface area (Å²) in [6.45, 7) is 6.50. The predicted molar refractivity (Wildman–Crippen MR) is 133 cm³/mol. The molecule has 0 aliphatic rings. The Labute approximate surface area is 195 Å². The van der Waals surface area contributed by atoms with Crippen LogP contribution in [0, 0.1) is 0 Å². The molecular formula is C26H24BrN3O2. The van der Waals surface area contributed by atoms with Crippen molar-refractivity contribution in [2.75, 3.05) is 0 Å². The van der Waals surface area contributed by atoms with Crippen molar-refractivity contribution in [3.05, 3.63) is 105 Å². The normalized spacial score (nSPS) is 11.9.